The third kappa shape index (κ3) is 2.13. The predicted octanol–water partition coefficient (Wildman–Crippen LogP) is 2.88. The van der Waals surface area contributed by atoms with E-state index in [1.54, 1.807) is 0 Å². The Morgan fingerprint density at radius 3 is 2.61 bits per heavy atom. The number of nitrogens with zero attached hydrogens (tertiary/aromatic N) is 3. The summed E-state index contributed by atoms with van der Waals surface area (Å²) in [5.41, 5.74) is -1.04. The maximum absolute atomic E-state index is 12.6. The monoisotopic (exact) mass is 325 g/mol. The minimum absolute atomic E-state index is 0.123. The number of hydrogen-bond acceptors (Lipinski definition) is 2. The number of imidazole rings is 1. The molecule has 2 rings (SSSR count). The highest BCUT2D eigenvalue weighted by Crippen LogP contribution is 2.36. The van der Waals surface area contributed by atoms with E-state index in [-0.39, 0.29) is 17.1 Å². The van der Waals surface area contributed by atoms with E-state index >= 15 is 0 Å². The molecule has 0 saturated heterocycles. The Balaban J connectivity index is 2.28. The van der Waals surface area contributed by atoms with Crippen molar-refractivity contribution in [3.63, 3.8) is 0 Å². The van der Waals surface area contributed by atoms with E-state index in [0.717, 1.165) is 12.8 Å². The first-order valence-corrected chi connectivity index (χ1v) is 6.28. The van der Waals surface area contributed by atoms with Crippen LogP contribution in [0.4, 0.5) is 13.2 Å². The first-order chi connectivity index (χ1) is 8.36. The lowest BCUT2D eigenvalue weighted by molar-refractivity contribution is -0.141. The summed E-state index contributed by atoms with van der Waals surface area (Å²) in [4.78, 5) is 16.7. The fraction of sp³-hybridized carbons (Fsp3) is 0.600. The second-order valence-electron chi connectivity index (χ2n) is 4.06. The smallest absolute Gasteiger partial charge is 0.318 e. The van der Waals surface area contributed by atoms with Gasteiger partial charge in [-0.05, 0) is 22.4 Å². The number of unbranched alkanes of at least 4 members (excludes halogenated alkanes) is 1. The van der Waals surface area contributed by atoms with E-state index < -0.39 is 17.8 Å². The molecule has 0 unspecified atom stereocenters. The number of hydrogen-bond donors (Lipinski definition) is 0. The van der Waals surface area contributed by atoms with Crippen LogP contribution < -0.4 is 0 Å². The zero-order valence-electron chi connectivity index (χ0n) is 9.59. The van der Waals surface area contributed by atoms with Gasteiger partial charge in [0.25, 0.3) is 5.91 Å². The molecule has 0 radical (unpaired) electrons. The lowest BCUT2D eigenvalue weighted by atomic mass is 10.3. The van der Waals surface area contributed by atoms with Gasteiger partial charge in [0.2, 0.25) is 5.82 Å². The van der Waals surface area contributed by atoms with Crippen molar-refractivity contribution in [1.29, 1.82) is 0 Å². The fourth-order valence-electron chi connectivity index (χ4n) is 1.80. The normalized spacial score (nSPS) is 15.4. The van der Waals surface area contributed by atoms with Crippen LogP contribution in [0.3, 0.4) is 0 Å². The standard InChI is InChI=1S/C10H11BrF3N3O/c1-2-3-4-16-5-17-7(11)6(10(12,13)14)15-8(17)9(16)18/h2-5H2,1H3. The number of alkyl halides is 3. The van der Waals surface area contributed by atoms with Crippen molar-refractivity contribution in [2.24, 2.45) is 0 Å². The van der Waals surface area contributed by atoms with Gasteiger partial charge in [-0.25, -0.2) is 4.98 Å². The van der Waals surface area contributed by atoms with Gasteiger partial charge in [-0.15, -0.1) is 0 Å². The Morgan fingerprint density at radius 2 is 2.11 bits per heavy atom. The first kappa shape index (κ1) is 13.4. The van der Waals surface area contributed by atoms with E-state index in [4.69, 9.17) is 0 Å². The van der Waals surface area contributed by atoms with Gasteiger partial charge in [-0.1, -0.05) is 13.3 Å². The van der Waals surface area contributed by atoms with Gasteiger partial charge in [-0.3, -0.25) is 9.36 Å². The van der Waals surface area contributed by atoms with Crippen LogP contribution in [0, 0.1) is 0 Å². The van der Waals surface area contributed by atoms with Gasteiger partial charge in [0.05, 0.1) is 0 Å². The molecule has 1 aliphatic rings. The third-order valence-electron chi connectivity index (χ3n) is 2.75. The van der Waals surface area contributed by atoms with Crippen molar-refractivity contribution in [1.82, 2.24) is 14.5 Å². The van der Waals surface area contributed by atoms with Gasteiger partial charge < -0.3 is 4.90 Å². The number of rotatable bonds is 3. The maximum atomic E-state index is 12.6. The average molecular weight is 326 g/mol. The lowest BCUT2D eigenvalue weighted by Crippen LogP contribution is -2.26. The molecule has 1 aromatic heterocycles. The molecule has 0 bridgehead atoms. The van der Waals surface area contributed by atoms with Crippen molar-refractivity contribution in [3.8, 4) is 0 Å². The Hall–Kier alpha value is -1.05. The van der Waals surface area contributed by atoms with Crippen LogP contribution in [0.2, 0.25) is 0 Å². The third-order valence-corrected chi connectivity index (χ3v) is 3.55. The van der Waals surface area contributed by atoms with E-state index in [1.165, 1.54) is 9.47 Å². The van der Waals surface area contributed by atoms with Gasteiger partial charge >= 0.3 is 6.18 Å². The van der Waals surface area contributed by atoms with Crippen LogP contribution in [0.5, 0.6) is 0 Å². The summed E-state index contributed by atoms with van der Waals surface area (Å²) in [7, 11) is 0. The molecule has 0 aliphatic carbocycles. The molecule has 1 amide bonds. The molecule has 2 heterocycles. The molecule has 0 saturated carbocycles. The van der Waals surface area contributed by atoms with Gasteiger partial charge in [0, 0.05) is 6.54 Å². The van der Waals surface area contributed by atoms with Crippen LogP contribution in [0.15, 0.2) is 4.60 Å². The first-order valence-electron chi connectivity index (χ1n) is 5.48. The van der Waals surface area contributed by atoms with E-state index in [2.05, 4.69) is 20.9 Å². The van der Waals surface area contributed by atoms with E-state index in [1.807, 2.05) is 6.92 Å². The topological polar surface area (TPSA) is 38.1 Å². The van der Waals surface area contributed by atoms with Crippen molar-refractivity contribution in [3.05, 3.63) is 16.1 Å². The van der Waals surface area contributed by atoms with Crippen LogP contribution in [0.1, 0.15) is 36.1 Å². The lowest BCUT2D eigenvalue weighted by Gasteiger charge is -2.15. The molecule has 4 nitrogen and oxygen atoms in total. The summed E-state index contributed by atoms with van der Waals surface area (Å²) < 4.78 is 38.9. The number of carbonyl (C=O) groups excluding carboxylic acids is 1. The highest BCUT2D eigenvalue weighted by atomic mass is 79.9. The van der Waals surface area contributed by atoms with E-state index in [9.17, 15) is 18.0 Å². The zero-order valence-corrected chi connectivity index (χ0v) is 11.2. The Kier molecular flexibility index (Phi) is 3.39. The number of fused-ring (bicyclic) bond motifs is 1. The van der Waals surface area contributed by atoms with Crippen LogP contribution >= 0.6 is 15.9 Å². The summed E-state index contributed by atoms with van der Waals surface area (Å²) >= 11 is 2.86. The largest absolute Gasteiger partial charge is 0.436 e. The summed E-state index contributed by atoms with van der Waals surface area (Å²) in [6.07, 6.45) is -2.81. The Labute approximate surface area is 110 Å². The molecule has 1 aliphatic heterocycles. The molecule has 18 heavy (non-hydrogen) atoms. The number of aromatic nitrogens is 2. The molecular formula is C10H11BrF3N3O. The predicted molar refractivity (Wildman–Crippen MR) is 60.9 cm³/mol. The minimum Gasteiger partial charge on any atom is -0.318 e. The number of carbonyl (C=O) groups is 1. The summed E-state index contributed by atoms with van der Waals surface area (Å²) in [5.74, 6) is -0.593. The highest BCUT2D eigenvalue weighted by molar-refractivity contribution is 9.10. The molecule has 0 N–H and O–H groups in total. The minimum atomic E-state index is -4.55. The zero-order chi connectivity index (χ0) is 13.5. The summed E-state index contributed by atoms with van der Waals surface area (Å²) in [6.45, 7) is 2.64. The van der Waals surface area contributed by atoms with Crippen LogP contribution in [-0.4, -0.2) is 26.9 Å². The molecular weight excluding hydrogens is 315 g/mol. The van der Waals surface area contributed by atoms with Gasteiger partial charge in [-0.2, -0.15) is 13.2 Å². The van der Waals surface area contributed by atoms with Crippen molar-refractivity contribution >= 4 is 21.8 Å². The van der Waals surface area contributed by atoms with Crippen LogP contribution in [0.25, 0.3) is 0 Å². The summed E-state index contributed by atoms with van der Waals surface area (Å²) in [6, 6.07) is 0. The average Bonchev–Trinajstić information content (AvgIpc) is 2.75. The summed E-state index contributed by atoms with van der Waals surface area (Å²) in [5, 5.41) is 0. The number of halogens is 4. The Morgan fingerprint density at radius 1 is 1.44 bits per heavy atom. The highest BCUT2D eigenvalue weighted by Gasteiger charge is 2.42. The second kappa shape index (κ2) is 4.56. The fourth-order valence-corrected chi connectivity index (χ4v) is 2.40. The molecule has 100 valence electrons. The molecule has 0 atom stereocenters. The maximum Gasteiger partial charge on any atom is 0.436 e. The second-order valence-corrected chi connectivity index (χ2v) is 4.82. The van der Waals surface area contributed by atoms with Crippen molar-refractivity contribution in [2.45, 2.75) is 32.6 Å². The quantitative estimate of drug-likeness (QED) is 0.857. The molecule has 1 aromatic rings. The van der Waals surface area contributed by atoms with Crippen molar-refractivity contribution < 1.29 is 18.0 Å². The Bertz CT molecular complexity index is 483. The van der Waals surface area contributed by atoms with Gasteiger partial charge in [0.1, 0.15) is 11.3 Å². The van der Waals surface area contributed by atoms with Gasteiger partial charge in [0.15, 0.2) is 5.69 Å². The number of amides is 1. The van der Waals surface area contributed by atoms with Crippen molar-refractivity contribution in [2.75, 3.05) is 6.54 Å². The molecule has 0 spiro atoms. The SMILES string of the molecule is CCCCN1Cn2c(nc(C(F)(F)F)c2Br)C1=O. The molecule has 0 aromatic carbocycles. The van der Waals surface area contributed by atoms with Crippen LogP contribution in [-0.2, 0) is 12.8 Å². The van der Waals surface area contributed by atoms with E-state index in [0.29, 0.717) is 6.54 Å². The molecule has 8 heteroatoms. The molecule has 0 fully saturated rings.